The van der Waals surface area contributed by atoms with Gasteiger partial charge in [-0.3, -0.25) is 9.48 Å². The van der Waals surface area contributed by atoms with Gasteiger partial charge in [0.1, 0.15) is 11.4 Å². The first-order chi connectivity index (χ1) is 11.4. The number of nitrogens with one attached hydrogen (secondary N) is 1. The van der Waals surface area contributed by atoms with Crippen molar-refractivity contribution in [3.05, 3.63) is 36.0 Å². The van der Waals surface area contributed by atoms with E-state index in [1.54, 1.807) is 20.2 Å². The van der Waals surface area contributed by atoms with E-state index >= 15 is 0 Å². The smallest absolute Gasteiger partial charge is 0.269 e. The van der Waals surface area contributed by atoms with Gasteiger partial charge in [-0.15, -0.1) is 0 Å². The minimum absolute atomic E-state index is 0.00191. The molecule has 1 aliphatic rings. The second kappa shape index (κ2) is 6.27. The maximum atomic E-state index is 12.4. The van der Waals surface area contributed by atoms with Crippen LogP contribution in [0.4, 0.5) is 0 Å². The van der Waals surface area contributed by atoms with Gasteiger partial charge in [0.2, 0.25) is 0 Å². The van der Waals surface area contributed by atoms with Crippen LogP contribution in [0.15, 0.2) is 30.3 Å². The molecule has 2 heterocycles. The monoisotopic (exact) mass is 349 g/mol. The number of hydrogen-bond donors (Lipinski definition) is 1. The first-order valence-corrected chi connectivity index (χ1v) is 9.40. The van der Waals surface area contributed by atoms with Crippen molar-refractivity contribution in [2.24, 2.45) is 7.05 Å². The molecular weight excluding hydrogens is 330 g/mol. The van der Waals surface area contributed by atoms with Crippen molar-refractivity contribution in [1.29, 1.82) is 0 Å². The quantitative estimate of drug-likeness (QED) is 0.890. The van der Waals surface area contributed by atoms with Crippen LogP contribution >= 0.6 is 0 Å². The third-order valence-corrected chi connectivity index (χ3v) is 5.83. The minimum Gasteiger partial charge on any atom is -0.497 e. The standard InChI is InChI=1S/C16H19N3O4S/c1-19-15(16(20)17-12-7-8-24(21,22)10-12)9-14(18-19)11-3-5-13(23-2)6-4-11/h3-6,9,12H,7-8,10H2,1-2H3,(H,17,20)/t12-/m0/s1. The number of carbonyl (C=O) groups is 1. The Bertz CT molecular complexity index is 856. The van der Waals surface area contributed by atoms with Gasteiger partial charge in [-0.1, -0.05) is 0 Å². The molecule has 0 bridgehead atoms. The van der Waals surface area contributed by atoms with Crippen LogP contribution < -0.4 is 10.1 Å². The summed E-state index contributed by atoms with van der Waals surface area (Å²) in [5.74, 6) is 0.560. The van der Waals surface area contributed by atoms with Crippen LogP contribution in [-0.2, 0) is 16.9 Å². The van der Waals surface area contributed by atoms with E-state index in [0.717, 1.165) is 11.3 Å². The average molecular weight is 349 g/mol. The number of sulfone groups is 1. The van der Waals surface area contributed by atoms with E-state index in [-0.39, 0.29) is 23.5 Å². The summed E-state index contributed by atoms with van der Waals surface area (Å²) in [7, 11) is 0.260. The lowest BCUT2D eigenvalue weighted by atomic mass is 10.1. The molecule has 1 saturated heterocycles. The zero-order valence-electron chi connectivity index (χ0n) is 13.5. The SMILES string of the molecule is COc1ccc(-c2cc(C(=O)N[C@H]3CCS(=O)(=O)C3)n(C)n2)cc1. The van der Waals surface area contributed by atoms with Crippen molar-refractivity contribution < 1.29 is 17.9 Å². The molecule has 0 aliphatic carbocycles. The molecular formula is C16H19N3O4S. The van der Waals surface area contributed by atoms with E-state index in [1.807, 2.05) is 24.3 Å². The van der Waals surface area contributed by atoms with Crippen LogP contribution in [0, 0.1) is 0 Å². The van der Waals surface area contributed by atoms with E-state index in [1.165, 1.54) is 4.68 Å². The van der Waals surface area contributed by atoms with Crippen LogP contribution in [-0.4, -0.2) is 48.8 Å². The fourth-order valence-electron chi connectivity index (χ4n) is 2.75. The largest absolute Gasteiger partial charge is 0.497 e. The van der Waals surface area contributed by atoms with Gasteiger partial charge in [-0.25, -0.2) is 8.42 Å². The van der Waals surface area contributed by atoms with Crippen molar-refractivity contribution >= 4 is 15.7 Å². The summed E-state index contributed by atoms with van der Waals surface area (Å²) in [5.41, 5.74) is 1.93. The maximum absolute atomic E-state index is 12.4. The molecule has 7 nitrogen and oxygen atoms in total. The van der Waals surface area contributed by atoms with Gasteiger partial charge in [0.25, 0.3) is 5.91 Å². The third-order valence-electron chi connectivity index (χ3n) is 4.07. The number of methoxy groups -OCH3 is 1. The molecule has 1 fully saturated rings. The topological polar surface area (TPSA) is 90.3 Å². The Morgan fingerprint density at radius 1 is 1.33 bits per heavy atom. The molecule has 1 aromatic carbocycles. The molecule has 3 rings (SSSR count). The number of nitrogens with zero attached hydrogens (tertiary/aromatic N) is 2. The highest BCUT2D eigenvalue weighted by molar-refractivity contribution is 7.91. The highest BCUT2D eigenvalue weighted by Crippen LogP contribution is 2.22. The summed E-state index contributed by atoms with van der Waals surface area (Å²) in [6.45, 7) is 0. The van der Waals surface area contributed by atoms with Crippen molar-refractivity contribution in [2.45, 2.75) is 12.5 Å². The molecule has 0 radical (unpaired) electrons. The lowest BCUT2D eigenvalue weighted by Gasteiger charge is -2.10. The summed E-state index contributed by atoms with van der Waals surface area (Å²) < 4.78 is 29.6. The summed E-state index contributed by atoms with van der Waals surface area (Å²) in [4.78, 5) is 12.4. The van der Waals surface area contributed by atoms with Gasteiger partial charge in [0, 0.05) is 18.7 Å². The summed E-state index contributed by atoms with van der Waals surface area (Å²) in [5, 5.41) is 7.13. The van der Waals surface area contributed by atoms with E-state index < -0.39 is 9.84 Å². The highest BCUT2D eigenvalue weighted by atomic mass is 32.2. The van der Waals surface area contributed by atoms with Gasteiger partial charge in [-0.2, -0.15) is 5.10 Å². The zero-order valence-corrected chi connectivity index (χ0v) is 14.3. The number of benzene rings is 1. The van der Waals surface area contributed by atoms with E-state index in [9.17, 15) is 13.2 Å². The zero-order chi connectivity index (χ0) is 17.3. The summed E-state index contributed by atoms with van der Waals surface area (Å²) in [6.07, 6.45) is 0.456. The molecule has 1 aromatic heterocycles. The Balaban J connectivity index is 1.77. The van der Waals surface area contributed by atoms with Crippen molar-refractivity contribution in [2.75, 3.05) is 18.6 Å². The second-order valence-electron chi connectivity index (χ2n) is 5.84. The van der Waals surface area contributed by atoms with Crippen molar-refractivity contribution in [1.82, 2.24) is 15.1 Å². The van der Waals surface area contributed by atoms with Crippen molar-refractivity contribution in [3.63, 3.8) is 0 Å². The molecule has 2 aromatic rings. The number of amides is 1. The normalized spacial score (nSPS) is 19.2. The Hall–Kier alpha value is -2.35. The Kier molecular flexibility index (Phi) is 4.31. The van der Waals surface area contributed by atoms with Crippen LogP contribution in [0.1, 0.15) is 16.9 Å². The maximum Gasteiger partial charge on any atom is 0.269 e. The van der Waals surface area contributed by atoms with Crippen molar-refractivity contribution in [3.8, 4) is 17.0 Å². The minimum atomic E-state index is -3.03. The van der Waals surface area contributed by atoms with Crippen LogP contribution in [0.3, 0.4) is 0 Å². The first-order valence-electron chi connectivity index (χ1n) is 7.58. The third kappa shape index (κ3) is 3.43. The van der Waals surface area contributed by atoms with Gasteiger partial charge in [-0.05, 0) is 36.8 Å². The molecule has 128 valence electrons. The molecule has 0 unspecified atom stereocenters. The number of carbonyl (C=O) groups excluding carboxylic acids is 1. The fraction of sp³-hybridized carbons (Fsp3) is 0.375. The fourth-order valence-corrected chi connectivity index (χ4v) is 4.42. The molecule has 8 heteroatoms. The Labute approximate surface area is 140 Å². The predicted molar refractivity (Wildman–Crippen MR) is 89.7 cm³/mol. The molecule has 0 spiro atoms. The van der Waals surface area contributed by atoms with Crippen LogP contribution in [0.5, 0.6) is 5.75 Å². The summed E-state index contributed by atoms with van der Waals surface area (Å²) in [6, 6.07) is 8.75. The highest BCUT2D eigenvalue weighted by Gasteiger charge is 2.29. The Morgan fingerprint density at radius 3 is 2.62 bits per heavy atom. The molecule has 1 aliphatic heterocycles. The molecule has 0 saturated carbocycles. The molecule has 1 amide bonds. The lowest BCUT2D eigenvalue weighted by Crippen LogP contribution is -2.36. The molecule has 24 heavy (non-hydrogen) atoms. The van der Waals surface area contributed by atoms with Gasteiger partial charge >= 0.3 is 0 Å². The van der Waals surface area contributed by atoms with E-state index in [0.29, 0.717) is 17.8 Å². The average Bonchev–Trinajstić information content (AvgIpc) is 3.10. The van der Waals surface area contributed by atoms with E-state index in [2.05, 4.69) is 10.4 Å². The lowest BCUT2D eigenvalue weighted by molar-refractivity contribution is 0.0931. The number of aryl methyl sites for hydroxylation is 1. The summed E-state index contributed by atoms with van der Waals surface area (Å²) >= 11 is 0. The van der Waals surface area contributed by atoms with Gasteiger partial charge < -0.3 is 10.1 Å². The number of aromatic nitrogens is 2. The van der Waals surface area contributed by atoms with Crippen LogP contribution in [0.25, 0.3) is 11.3 Å². The van der Waals surface area contributed by atoms with Gasteiger partial charge in [0.15, 0.2) is 9.84 Å². The van der Waals surface area contributed by atoms with Crippen LogP contribution in [0.2, 0.25) is 0 Å². The first kappa shape index (κ1) is 16.5. The molecule has 1 N–H and O–H groups in total. The second-order valence-corrected chi connectivity index (χ2v) is 8.07. The number of ether oxygens (including phenoxy) is 1. The van der Waals surface area contributed by atoms with E-state index in [4.69, 9.17) is 4.74 Å². The Morgan fingerprint density at radius 2 is 2.04 bits per heavy atom. The predicted octanol–water partition coefficient (Wildman–Crippen LogP) is 1.01. The number of rotatable bonds is 4. The van der Waals surface area contributed by atoms with Gasteiger partial charge in [0.05, 0.1) is 24.3 Å². The molecule has 1 atom stereocenters. The number of hydrogen-bond acceptors (Lipinski definition) is 5.